The second-order valence-electron chi connectivity index (χ2n) is 5.74. The highest BCUT2D eigenvalue weighted by atomic mass is 32.2. The van der Waals surface area contributed by atoms with Gasteiger partial charge in [-0.2, -0.15) is 0 Å². The lowest BCUT2D eigenvalue weighted by Gasteiger charge is -2.30. The van der Waals surface area contributed by atoms with Crippen LogP contribution >= 0.6 is 0 Å². The van der Waals surface area contributed by atoms with Crippen LogP contribution in [0.25, 0.3) is 6.08 Å². The molecule has 1 aliphatic rings. The molecule has 8 heteroatoms. The molecule has 1 heterocycles. The van der Waals surface area contributed by atoms with E-state index in [2.05, 4.69) is 0 Å². The number of ketones is 1. The number of hydrogen-bond donors (Lipinski definition) is 0. The van der Waals surface area contributed by atoms with Crippen LogP contribution in [0.2, 0.25) is 0 Å². The Bertz CT molecular complexity index is 1030. The van der Waals surface area contributed by atoms with E-state index in [4.69, 9.17) is 0 Å². The number of benzene rings is 2. The van der Waals surface area contributed by atoms with Crippen molar-refractivity contribution in [1.82, 2.24) is 0 Å². The van der Waals surface area contributed by atoms with Gasteiger partial charge < -0.3 is 0 Å². The van der Waals surface area contributed by atoms with E-state index in [1.165, 1.54) is 18.2 Å². The number of carbonyl (C=O) groups is 1. The molecule has 0 atom stereocenters. The largest absolute Gasteiger partial charge is 0.294 e. The third-order valence-corrected chi connectivity index (χ3v) is 5.97. The first-order valence-corrected chi connectivity index (χ1v) is 9.39. The van der Waals surface area contributed by atoms with E-state index < -0.39 is 25.5 Å². The smallest absolute Gasteiger partial charge is 0.289 e. The Kier molecular flexibility index (Phi) is 4.60. The number of nitrogens with zero attached hydrogens (tertiary/aromatic N) is 2. The first-order valence-electron chi connectivity index (χ1n) is 7.95. The van der Waals surface area contributed by atoms with E-state index >= 15 is 0 Å². The van der Waals surface area contributed by atoms with Crippen molar-refractivity contribution in [2.75, 3.05) is 10.8 Å². The zero-order valence-electron chi connectivity index (χ0n) is 14.0. The summed E-state index contributed by atoms with van der Waals surface area (Å²) < 4.78 is 27.5. The number of sulfonamides is 1. The minimum atomic E-state index is -4.23. The molecule has 26 heavy (non-hydrogen) atoms. The van der Waals surface area contributed by atoms with E-state index in [1.807, 2.05) is 0 Å². The predicted molar refractivity (Wildman–Crippen MR) is 97.3 cm³/mol. The Labute approximate surface area is 150 Å². The van der Waals surface area contributed by atoms with Crippen LogP contribution in [0.3, 0.4) is 0 Å². The molecule has 3 rings (SSSR count). The van der Waals surface area contributed by atoms with Gasteiger partial charge in [-0.25, -0.2) is 8.42 Å². The van der Waals surface area contributed by atoms with Gasteiger partial charge in [-0.1, -0.05) is 37.3 Å². The first-order chi connectivity index (χ1) is 12.4. The van der Waals surface area contributed by atoms with Gasteiger partial charge in [0.15, 0.2) is 10.7 Å². The van der Waals surface area contributed by atoms with Crippen molar-refractivity contribution in [2.24, 2.45) is 0 Å². The van der Waals surface area contributed by atoms with E-state index in [-0.39, 0.29) is 18.7 Å². The summed E-state index contributed by atoms with van der Waals surface area (Å²) in [6, 6.07) is 11.9. The lowest BCUT2D eigenvalue weighted by Crippen LogP contribution is -2.36. The van der Waals surface area contributed by atoms with Crippen LogP contribution in [-0.2, 0) is 14.8 Å². The van der Waals surface area contributed by atoms with Gasteiger partial charge in [0.05, 0.1) is 17.2 Å². The third-order valence-electron chi connectivity index (χ3n) is 4.16. The molecule has 0 radical (unpaired) electrons. The normalized spacial score (nSPS) is 13.7. The first kappa shape index (κ1) is 17.8. The maximum atomic E-state index is 13.2. The maximum Gasteiger partial charge on any atom is 0.289 e. The fourth-order valence-electron chi connectivity index (χ4n) is 2.86. The minimum absolute atomic E-state index is 0.155. The van der Waals surface area contributed by atoms with Gasteiger partial charge in [-0.05, 0) is 23.8 Å². The number of fused-ring (bicyclic) bond motifs is 1. The van der Waals surface area contributed by atoms with Crippen LogP contribution < -0.4 is 4.31 Å². The topological polar surface area (TPSA) is 97.6 Å². The second kappa shape index (κ2) is 6.72. The summed E-state index contributed by atoms with van der Waals surface area (Å²) in [4.78, 5) is 22.3. The fraction of sp³-hybridized carbons (Fsp3) is 0.167. The lowest BCUT2D eigenvalue weighted by atomic mass is 10.0. The Hall–Kier alpha value is -3.00. The van der Waals surface area contributed by atoms with Crippen molar-refractivity contribution in [1.29, 1.82) is 0 Å². The Morgan fingerprint density at radius 2 is 1.81 bits per heavy atom. The van der Waals surface area contributed by atoms with Crippen LogP contribution in [-0.4, -0.2) is 25.7 Å². The van der Waals surface area contributed by atoms with Crippen LogP contribution in [0.5, 0.6) is 0 Å². The summed E-state index contributed by atoms with van der Waals surface area (Å²) in [7, 11) is -4.23. The molecular weight excluding hydrogens is 356 g/mol. The molecule has 0 aliphatic carbocycles. The Morgan fingerprint density at radius 3 is 2.50 bits per heavy atom. The molecule has 0 N–H and O–H groups in total. The highest BCUT2D eigenvalue weighted by molar-refractivity contribution is 7.93. The van der Waals surface area contributed by atoms with Gasteiger partial charge in [0.25, 0.3) is 15.7 Å². The number of nitro groups is 1. The summed E-state index contributed by atoms with van der Waals surface area (Å²) in [5.41, 5.74) is 0.826. The number of carbonyl (C=O) groups excluding carboxylic acids is 1. The fourth-order valence-corrected chi connectivity index (χ4v) is 4.49. The van der Waals surface area contributed by atoms with Crippen molar-refractivity contribution in [2.45, 2.75) is 18.2 Å². The van der Waals surface area contributed by atoms with Crippen molar-refractivity contribution in [3.63, 3.8) is 0 Å². The predicted octanol–water partition coefficient (Wildman–Crippen LogP) is 3.17. The van der Waals surface area contributed by atoms with Crippen molar-refractivity contribution in [3.8, 4) is 0 Å². The Morgan fingerprint density at radius 1 is 1.15 bits per heavy atom. The van der Waals surface area contributed by atoms with E-state index in [9.17, 15) is 23.3 Å². The molecular formula is C18H16N2O5S. The van der Waals surface area contributed by atoms with Gasteiger partial charge in [-0.3, -0.25) is 19.2 Å². The van der Waals surface area contributed by atoms with Gasteiger partial charge in [0, 0.05) is 18.1 Å². The molecule has 0 saturated carbocycles. The van der Waals surface area contributed by atoms with Crippen LogP contribution in [0.1, 0.15) is 18.9 Å². The van der Waals surface area contributed by atoms with Gasteiger partial charge in [0.1, 0.15) is 0 Å². The standard InChI is InChI=1S/C18H16N2O5S/c1-2-17(21)14-11-13-7-3-4-8-15(13)19(12-14)26(24,25)18-10-6-5-9-16(18)20(22)23/h3-11H,2,12H2,1H3. The number of Topliss-reactive ketones (excluding diaryl/α,β-unsaturated/α-hetero) is 1. The van der Waals surface area contributed by atoms with Crippen molar-refractivity contribution >= 4 is 33.3 Å². The van der Waals surface area contributed by atoms with Crippen molar-refractivity contribution < 1.29 is 18.1 Å². The third kappa shape index (κ3) is 2.99. The summed E-state index contributed by atoms with van der Waals surface area (Å²) >= 11 is 0. The van der Waals surface area contributed by atoms with E-state index in [1.54, 1.807) is 37.3 Å². The SMILES string of the molecule is CCC(=O)C1=Cc2ccccc2N(S(=O)(=O)c2ccccc2[N+](=O)[O-])C1. The molecule has 0 bridgehead atoms. The molecule has 2 aromatic carbocycles. The summed E-state index contributed by atoms with van der Waals surface area (Å²) in [6.07, 6.45) is 1.92. The van der Waals surface area contributed by atoms with Crippen LogP contribution in [0.15, 0.2) is 59.0 Å². The lowest BCUT2D eigenvalue weighted by molar-refractivity contribution is -0.387. The Balaban J connectivity index is 2.18. The molecule has 0 aromatic heterocycles. The number of para-hydroxylation sites is 2. The van der Waals surface area contributed by atoms with Gasteiger partial charge >= 0.3 is 0 Å². The van der Waals surface area contributed by atoms with Crippen LogP contribution in [0, 0.1) is 10.1 Å². The summed E-state index contributed by atoms with van der Waals surface area (Å²) in [6.45, 7) is 1.54. The number of anilines is 1. The molecule has 0 unspecified atom stereocenters. The molecule has 0 fully saturated rings. The molecule has 1 aliphatic heterocycles. The molecule has 134 valence electrons. The highest BCUT2D eigenvalue weighted by Gasteiger charge is 2.35. The summed E-state index contributed by atoms with van der Waals surface area (Å²) in [5.74, 6) is -0.165. The molecule has 0 amide bonds. The maximum absolute atomic E-state index is 13.2. The second-order valence-corrected chi connectivity index (χ2v) is 7.57. The van der Waals surface area contributed by atoms with Crippen LogP contribution in [0.4, 0.5) is 11.4 Å². The molecule has 7 nitrogen and oxygen atoms in total. The van der Waals surface area contributed by atoms with E-state index in [0.29, 0.717) is 16.8 Å². The molecule has 0 spiro atoms. The highest BCUT2D eigenvalue weighted by Crippen LogP contribution is 2.35. The quantitative estimate of drug-likeness (QED) is 0.593. The molecule has 2 aromatic rings. The van der Waals surface area contributed by atoms with Crippen molar-refractivity contribution in [3.05, 3.63) is 69.8 Å². The van der Waals surface area contributed by atoms with Gasteiger partial charge in [0.2, 0.25) is 0 Å². The van der Waals surface area contributed by atoms with E-state index in [0.717, 1.165) is 10.4 Å². The monoisotopic (exact) mass is 372 g/mol. The number of hydrogen-bond acceptors (Lipinski definition) is 5. The summed E-state index contributed by atoms with van der Waals surface area (Å²) in [5, 5.41) is 11.3. The number of nitro benzene ring substituents is 1. The zero-order valence-corrected chi connectivity index (χ0v) is 14.8. The molecule has 0 saturated heterocycles. The average molecular weight is 372 g/mol. The average Bonchev–Trinajstić information content (AvgIpc) is 2.66. The van der Waals surface area contributed by atoms with Gasteiger partial charge in [-0.15, -0.1) is 0 Å². The number of rotatable bonds is 5. The zero-order chi connectivity index (χ0) is 18.9. The minimum Gasteiger partial charge on any atom is -0.294 e.